The van der Waals surface area contributed by atoms with E-state index in [9.17, 15) is 0 Å². The number of hydrogen-bond donors (Lipinski definition) is 1. The van der Waals surface area contributed by atoms with Crippen LogP contribution in [-0.2, 0) is 0 Å². The quantitative estimate of drug-likeness (QED) is 0.819. The topological polar surface area (TPSA) is 28.2 Å². The molecule has 4 heteroatoms. The molecule has 1 aromatic heterocycles. The standard InChI is InChI=1S/C12H18ClN3/c1-2-16-7-3-4-11(16)9-15-10-5-6-14-12(13)8-10/h5-6,8,11H,2-4,7,9H2,1H3,(H,14,15). The summed E-state index contributed by atoms with van der Waals surface area (Å²) in [5.41, 5.74) is 1.06. The fourth-order valence-electron chi connectivity index (χ4n) is 2.29. The predicted octanol–water partition coefficient (Wildman–Crippen LogP) is 2.63. The van der Waals surface area contributed by atoms with Gasteiger partial charge in [-0.3, -0.25) is 4.90 Å². The van der Waals surface area contributed by atoms with Gasteiger partial charge in [0.2, 0.25) is 0 Å². The van der Waals surface area contributed by atoms with Crippen LogP contribution in [0.2, 0.25) is 5.15 Å². The third kappa shape index (κ3) is 2.86. The highest BCUT2D eigenvalue weighted by Gasteiger charge is 2.22. The Morgan fingerprint density at radius 1 is 1.62 bits per heavy atom. The lowest BCUT2D eigenvalue weighted by molar-refractivity contribution is 0.277. The van der Waals surface area contributed by atoms with Crippen LogP contribution >= 0.6 is 11.6 Å². The molecule has 1 N–H and O–H groups in total. The fourth-order valence-corrected chi connectivity index (χ4v) is 2.46. The maximum atomic E-state index is 5.83. The van der Waals surface area contributed by atoms with Gasteiger partial charge in [-0.2, -0.15) is 0 Å². The molecule has 1 aliphatic rings. The molecule has 1 unspecified atom stereocenters. The van der Waals surface area contributed by atoms with E-state index in [0.717, 1.165) is 18.8 Å². The molecule has 1 fully saturated rings. The first-order valence-electron chi connectivity index (χ1n) is 5.89. The van der Waals surface area contributed by atoms with Gasteiger partial charge in [0.05, 0.1) is 0 Å². The van der Waals surface area contributed by atoms with Gasteiger partial charge in [-0.1, -0.05) is 18.5 Å². The van der Waals surface area contributed by atoms with Gasteiger partial charge in [-0.25, -0.2) is 4.98 Å². The third-order valence-corrected chi connectivity index (χ3v) is 3.38. The van der Waals surface area contributed by atoms with Crippen molar-refractivity contribution in [3.8, 4) is 0 Å². The van der Waals surface area contributed by atoms with E-state index in [0.29, 0.717) is 11.2 Å². The number of likely N-dealkylation sites (N-methyl/N-ethyl adjacent to an activating group) is 1. The van der Waals surface area contributed by atoms with Gasteiger partial charge in [0.15, 0.2) is 0 Å². The first-order chi connectivity index (χ1) is 7.79. The second-order valence-corrected chi connectivity index (χ2v) is 4.56. The van der Waals surface area contributed by atoms with Gasteiger partial charge >= 0.3 is 0 Å². The van der Waals surface area contributed by atoms with Crippen LogP contribution in [0.25, 0.3) is 0 Å². The average molecular weight is 240 g/mol. The lowest BCUT2D eigenvalue weighted by atomic mass is 10.2. The maximum Gasteiger partial charge on any atom is 0.131 e. The van der Waals surface area contributed by atoms with Crippen molar-refractivity contribution in [3.05, 3.63) is 23.5 Å². The number of anilines is 1. The van der Waals surface area contributed by atoms with Crippen LogP contribution in [0, 0.1) is 0 Å². The first kappa shape index (κ1) is 11.7. The van der Waals surface area contributed by atoms with E-state index in [4.69, 9.17) is 11.6 Å². The number of nitrogens with one attached hydrogen (secondary N) is 1. The summed E-state index contributed by atoms with van der Waals surface area (Å²) in [7, 11) is 0. The zero-order valence-electron chi connectivity index (χ0n) is 9.62. The number of pyridine rings is 1. The summed E-state index contributed by atoms with van der Waals surface area (Å²) in [5, 5.41) is 3.97. The molecular formula is C12H18ClN3. The minimum Gasteiger partial charge on any atom is -0.383 e. The molecule has 1 atom stereocenters. The summed E-state index contributed by atoms with van der Waals surface area (Å²) in [4.78, 5) is 6.49. The second kappa shape index (κ2) is 5.51. The Labute approximate surface area is 102 Å². The number of halogens is 1. The third-order valence-electron chi connectivity index (χ3n) is 3.17. The zero-order chi connectivity index (χ0) is 11.4. The molecule has 1 aliphatic heterocycles. The smallest absolute Gasteiger partial charge is 0.131 e. The van der Waals surface area contributed by atoms with E-state index in [1.807, 2.05) is 12.1 Å². The Morgan fingerprint density at radius 2 is 2.50 bits per heavy atom. The first-order valence-corrected chi connectivity index (χ1v) is 6.27. The highest BCUT2D eigenvalue weighted by molar-refractivity contribution is 6.29. The molecular weight excluding hydrogens is 222 g/mol. The van der Waals surface area contributed by atoms with E-state index in [1.54, 1.807) is 6.20 Å². The van der Waals surface area contributed by atoms with E-state index < -0.39 is 0 Å². The molecule has 1 saturated heterocycles. The molecule has 2 rings (SSSR count). The van der Waals surface area contributed by atoms with Crippen LogP contribution in [0.3, 0.4) is 0 Å². The number of rotatable bonds is 4. The molecule has 1 aromatic rings. The van der Waals surface area contributed by atoms with Crippen molar-refractivity contribution in [2.75, 3.05) is 25.0 Å². The van der Waals surface area contributed by atoms with Crippen molar-refractivity contribution in [1.29, 1.82) is 0 Å². The SMILES string of the molecule is CCN1CCCC1CNc1ccnc(Cl)c1. The van der Waals surface area contributed by atoms with E-state index in [1.165, 1.54) is 19.4 Å². The normalized spacial score (nSPS) is 21.2. The number of hydrogen-bond acceptors (Lipinski definition) is 3. The molecule has 0 aliphatic carbocycles. The van der Waals surface area contributed by atoms with Gasteiger partial charge in [-0.15, -0.1) is 0 Å². The molecule has 2 heterocycles. The molecule has 3 nitrogen and oxygen atoms in total. The fraction of sp³-hybridized carbons (Fsp3) is 0.583. The second-order valence-electron chi connectivity index (χ2n) is 4.17. The summed E-state index contributed by atoms with van der Waals surface area (Å²) < 4.78 is 0. The maximum absolute atomic E-state index is 5.83. The van der Waals surface area contributed by atoms with Crippen molar-refractivity contribution in [2.45, 2.75) is 25.8 Å². The highest BCUT2D eigenvalue weighted by Crippen LogP contribution is 2.18. The van der Waals surface area contributed by atoms with E-state index in [-0.39, 0.29) is 0 Å². The number of likely N-dealkylation sites (tertiary alicyclic amines) is 1. The van der Waals surface area contributed by atoms with E-state index in [2.05, 4.69) is 22.1 Å². The average Bonchev–Trinajstić information content (AvgIpc) is 2.74. The van der Waals surface area contributed by atoms with Crippen molar-refractivity contribution < 1.29 is 0 Å². The molecule has 16 heavy (non-hydrogen) atoms. The number of nitrogens with zero attached hydrogens (tertiary/aromatic N) is 2. The molecule has 0 radical (unpaired) electrons. The Hall–Kier alpha value is -0.800. The summed E-state index contributed by atoms with van der Waals surface area (Å²) in [6, 6.07) is 4.49. The van der Waals surface area contributed by atoms with Gasteiger partial charge in [-0.05, 0) is 38.1 Å². The number of aromatic nitrogens is 1. The van der Waals surface area contributed by atoms with Crippen molar-refractivity contribution in [1.82, 2.24) is 9.88 Å². The summed E-state index contributed by atoms with van der Waals surface area (Å²) in [5.74, 6) is 0. The van der Waals surface area contributed by atoms with Crippen LogP contribution in [0.5, 0.6) is 0 Å². The molecule has 88 valence electrons. The van der Waals surface area contributed by atoms with E-state index >= 15 is 0 Å². The van der Waals surface area contributed by atoms with Crippen molar-refractivity contribution in [2.24, 2.45) is 0 Å². The van der Waals surface area contributed by atoms with Gasteiger partial charge in [0.1, 0.15) is 5.15 Å². The largest absolute Gasteiger partial charge is 0.383 e. The van der Waals surface area contributed by atoms with Crippen LogP contribution in [0.1, 0.15) is 19.8 Å². The summed E-state index contributed by atoms with van der Waals surface area (Å²) in [6.45, 7) is 5.60. The van der Waals surface area contributed by atoms with Gasteiger partial charge < -0.3 is 5.32 Å². The van der Waals surface area contributed by atoms with Crippen molar-refractivity contribution in [3.63, 3.8) is 0 Å². The van der Waals surface area contributed by atoms with Crippen molar-refractivity contribution >= 4 is 17.3 Å². The lowest BCUT2D eigenvalue weighted by Crippen LogP contribution is -2.34. The lowest BCUT2D eigenvalue weighted by Gasteiger charge is -2.23. The highest BCUT2D eigenvalue weighted by atomic mass is 35.5. The Morgan fingerprint density at radius 3 is 3.25 bits per heavy atom. The zero-order valence-corrected chi connectivity index (χ0v) is 10.4. The minimum atomic E-state index is 0.545. The molecule has 0 bridgehead atoms. The summed E-state index contributed by atoms with van der Waals surface area (Å²) >= 11 is 5.83. The Balaban J connectivity index is 1.87. The molecule has 0 aromatic carbocycles. The monoisotopic (exact) mass is 239 g/mol. The van der Waals surface area contributed by atoms with Crippen LogP contribution in [-0.4, -0.2) is 35.6 Å². The summed E-state index contributed by atoms with van der Waals surface area (Å²) in [6.07, 6.45) is 4.34. The predicted molar refractivity (Wildman–Crippen MR) is 68.0 cm³/mol. The molecule has 0 amide bonds. The minimum absolute atomic E-state index is 0.545. The Bertz CT molecular complexity index is 343. The van der Waals surface area contributed by atoms with Gasteiger partial charge in [0.25, 0.3) is 0 Å². The Kier molecular flexibility index (Phi) is 4.02. The van der Waals surface area contributed by atoms with Gasteiger partial charge in [0, 0.05) is 24.5 Å². The van der Waals surface area contributed by atoms with Crippen LogP contribution < -0.4 is 5.32 Å². The van der Waals surface area contributed by atoms with Crippen LogP contribution in [0.4, 0.5) is 5.69 Å². The van der Waals surface area contributed by atoms with Crippen LogP contribution in [0.15, 0.2) is 18.3 Å². The molecule has 0 spiro atoms. The molecule has 0 saturated carbocycles.